The summed E-state index contributed by atoms with van der Waals surface area (Å²) in [5.74, 6) is 1.25. The van der Waals surface area contributed by atoms with Crippen LogP contribution in [0.4, 0.5) is 5.69 Å². The number of anilines is 1. The summed E-state index contributed by atoms with van der Waals surface area (Å²) >= 11 is 0. The van der Waals surface area contributed by atoms with Gasteiger partial charge in [0.2, 0.25) is 5.91 Å². The molecule has 3 aromatic rings. The lowest BCUT2D eigenvalue weighted by Crippen LogP contribution is -2.40. The minimum atomic E-state index is 0.0214. The molecule has 5 heteroatoms. The molecule has 2 heterocycles. The number of aromatic nitrogens is 2. The summed E-state index contributed by atoms with van der Waals surface area (Å²) in [6.45, 7) is 7.77. The smallest absolute Gasteiger partial charge is 0.228 e. The van der Waals surface area contributed by atoms with Crippen LogP contribution in [0.2, 0.25) is 0 Å². The first-order valence-electron chi connectivity index (χ1n) is 10.7. The number of amides is 1. The molecule has 1 saturated heterocycles. The van der Waals surface area contributed by atoms with E-state index in [0.717, 1.165) is 62.5 Å². The van der Waals surface area contributed by atoms with Gasteiger partial charge in [0.25, 0.3) is 0 Å². The molecule has 1 atom stereocenters. The number of nitrogens with one attached hydrogen (secondary N) is 1. The maximum Gasteiger partial charge on any atom is 0.228 e. The fourth-order valence-corrected chi connectivity index (χ4v) is 4.40. The summed E-state index contributed by atoms with van der Waals surface area (Å²) in [4.78, 5) is 20.2. The van der Waals surface area contributed by atoms with Crippen LogP contribution in [0.15, 0.2) is 48.5 Å². The highest BCUT2D eigenvalue weighted by atomic mass is 16.1. The van der Waals surface area contributed by atoms with Gasteiger partial charge in [-0.25, -0.2) is 4.98 Å². The number of aryl methyl sites for hydroxylation is 2. The van der Waals surface area contributed by atoms with Gasteiger partial charge in [0.1, 0.15) is 5.82 Å². The molecule has 0 saturated carbocycles. The minimum absolute atomic E-state index is 0.0214. The Kier molecular flexibility index (Phi) is 5.95. The Morgan fingerprint density at radius 2 is 1.93 bits per heavy atom. The molecule has 4 rings (SSSR count). The van der Waals surface area contributed by atoms with Crippen molar-refractivity contribution in [3.8, 4) is 0 Å². The molecule has 29 heavy (non-hydrogen) atoms. The number of carbonyl (C=O) groups is 1. The van der Waals surface area contributed by atoms with E-state index in [4.69, 9.17) is 4.98 Å². The zero-order valence-corrected chi connectivity index (χ0v) is 17.4. The Morgan fingerprint density at radius 3 is 2.76 bits per heavy atom. The lowest BCUT2D eigenvalue weighted by atomic mass is 9.96. The Balaban J connectivity index is 1.45. The number of likely N-dealkylation sites (tertiary alicyclic amines) is 1. The van der Waals surface area contributed by atoms with E-state index in [1.54, 1.807) is 0 Å². The number of hydrogen-bond donors (Lipinski definition) is 1. The van der Waals surface area contributed by atoms with Crippen molar-refractivity contribution in [2.75, 3.05) is 18.4 Å². The van der Waals surface area contributed by atoms with Crippen LogP contribution in [0.5, 0.6) is 0 Å². The Hall–Kier alpha value is -2.66. The topological polar surface area (TPSA) is 50.2 Å². The summed E-state index contributed by atoms with van der Waals surface area (Å²) in [6, 6.07) is 16.4. The highest BCUT2D eigenvalue weighted by Gasteiger charge is 2.27. The largest absolute Gasteiger partial charge is 0.327 e. The predicted molar refractivity (Wildman–Crippen MR) is 118 cm³/mol. The van der Waals surface area contributed by atoms with Crippen LogP contribution >= 0.6 is 0 Å². The van der Waals surface area contributed by atoms with E-state index in [2.05, 4.69) is 52.9 Å². The zero-order valence-electron chi connectivity index (χ0n) is 17.4. The molecule has 152 valence electrons. The second-order valence-corrected chi connectivity index (χ2v) is 7.84. The first-order valence-corrected chi connectivity index (χ1v) is 10.7. The first-order chi connectivity index (χ1) is 14.2. The number of carbonyl (C=O) groups excluding carboxylic acids is 1. The normalized spacial score (nSPS) is 17.5. The number of hydrogen-bond acceptors (Lipinski definition) is 3. The molecule has 1 aliphatic heterocycles. The van der Waals surface area contributed by atoms with Gasteiger partial charge in [-0.2, -0.15) is 0 Å². The predicted octanol–water partition coefficient (Wildman–Crippen LogP) is 4.47. The van der Waals surface area contributed by atoms with Gasteiger partial charge in [-0.15, -0.1) is 0 Å². The molecule has 1 amide bonds. The highest BCUT2D eigenvalue weighted by molar-refractivity contribution is 5.93. The van der Waals surface area contributed by atoms with E-state index in [1.807, 2.05) is 24.3 Å². The second kappa shape index (κ2) is 8.78. The van der Waals surface area contributed by atoms with E-state index in [-0.39, 0.29) is 11.8 Å². The lowest BCUT2D eigenvalue weighted by molar-refractivity contribution is -0.121. The van der Waals surface area contributed by atoms with Gasteiger partial charge in [-0.05, 0) is 56.5 Å². The van der Waals surface area contributed by atoms with Crippen LogP contribution in [0.1, 0.15) is 38.1 Å². The number of imidazole rings is 1. The Bertz CT molecular complexity index is 993. The summed E-state index contributed by atoms with van der Waals surface area (Å²) in [5.41, 5.74) is 4.37. The molecule has 5 nitrogen and oxygen atoms in total. The number of nitrogens with zero attached hydrogens (tertiary/aromatic N) is 3. The molecule has 1 N–H and O–H groups in total. The maximum absolute atomic E-state index is 12.9. The van der Waals surface area contributed by atoms with Crippen molar-refractivity contribution in [1.29, 1.82) is 0 Å². The van der Waals surface area contributed by atoms with E-state index in [0.29, 0.717) is 0 Å². The van der Waals surface area contributed by atoms with Gasteiger partial charge in [0, 0.05) is 18.8 Å². The third-order valence-corrected chi connectivity index (χ3v) is 5.95. The van der Waals surface area contributed by atoms with Crippen LogP contribution in [-0.2, 0) is 24.3 Å². The summed E-state index contributed by atoms with van der Waals surface area (Å²) < 4.78 is 2.29. The average Bonchev–Trinajstić information content (AvgIpc) is 3.11. The van der Waals surface area contributed by atoms with Gasteiger partial charge in [0.05, 0.1) is 23.5 Å². The van der Waals surface area contributed by atoms with E-state index >= 15 is 0 Å². The van der Waals surface area contributed by atoms with Crippen LogP contribution in [0.25, 0.3) is 11.0 Å². The molecule has 0 unspecified atom stereocenters. The van der Waals surface area contributed by atoms with Crippen molar-refractivity contribution >= 4 is 22.6 Å². The van der Waals surface area contributed by atoms with Crippen molar-refractivity contribution in [1.82, 2.24) is 14.5 Å². The number of piperidine rings is 1. The monoisotopic (exact) mass is 390 g/mol. The third kappa shape index (κ3) is 4.20. The van der Waals surface area contributed by atoms with Gasteiger partial charge >= 0.3 is 0 Å². The van der Waals surface area contributed by atoms with Crippen molar-refractivity contribution in [2.24, 2.45) is 5.92 Å². The molecule has 0 spiro atoms. The van der Waals surface area contributed by atoms with Gasteiger partial charge < -0.3 is 9.88 Å². The summed E-state index contributed by atoms with van der Waals surface area (Å²) in [7, 11) is 0. The average molecular weight is 391 g/mol. The summed E-state index contributed by atoms with van der Waals surface area (Å²) in [6.07, 6.45) is 2.90. The van der Waals surface area contributed by atoms with Crippen LogP contribution in [0.3, 0.4) is 0 Å². The molecular weight excluding hydrogens is 360 g/mol. The SMILES string of the molecule is CCc1ccccc1NC(=O)[C@@H]1CCCN(Cc2nc3ccccc3n2CC)C1. The van der Waals surface area contributed by atoms with Gasteiger partial charge in [0.15, 0.2) is 0 Å². The standard InChI is InChI=1S/C24H30N4O/c1-3-18-10-5-6-12-20(18)26-24(29)19-11-9-15-27(16-19)17-23-25-21-13-7-8-14-22(21)28(23)4-2/h5-8,10,12-14,19H,3-4,9,11,15-17H2,1-2H3,(H,26,29)/t19-/m1/s1. The van der Waals surface area contributed by atoms with E-state index in [1.165, 1.54) is 11.1 Å². The van der Waals surface area contributed by atoms with Crippen molar-refractivity contribution in [3.63, 3.8) is 0 Å². The minimum Gasteiger partial charge on any atom is -0.327 e. The van der Waals surface area contributed by atoms with Crippen molar-refractivity contribution < 1.29 is 4.79 Å². The molecule has 1 fully saturated rings. The molecule has 1 aromatic heterocycles. The number of fused-ring (bicyclic) bond motifs is 1. The second-order valence-electron chi connectivity index (χ2n) is 7.84. The summed E-state index contributed by atoms with van der Waals surface area (Å²) in [5, 5.41) is 3.17. The number of para-hydroxylation sites is 3. The van der Waals surface area contributed by atoms with Crippen LogP contribution in [-0.4, -0.2) is 33.4 Å². The molecular formula is C24H30N4O. The van der Waals surface area contributed by atoms with Crippen LogP contribution in [0, 0.1) is 5.92 Å². The molecule has 1 aliphatic rings. The number of rotatable bonds is 6. The first kappa shape index (κ1) is 19.6. The molecule has 0 bridgehead atoms. The van der Waals surface area contributed by atoms with E-state index < -0.39 is 0 Å². The van der Waals surface area contributed by atoms with Gasteiger partial charge in [-0.3, -0.25) is 9.69 Å². The Morgan fingerprint density at radius 1 is 1.14 bits per heavy atom. The highest BCUT2D eigenvalue weighted by Crippen LogP contribution is 2.23. The quantitative estimate of drug-likeness (QED) is 0.676. The van der Waals surface area contributed by atoms with Crippen LogP contribution < -0.4 is 5.32 Å². The van der Waals surface area contributed by atoms with Crippen molar-refractivity contribution in [2.45, 2.75) is 46.2 Å². The lowest BCUT2D eigenvalue weighted by Gasteiger charge is -2.32. The number of benzene rings is 2. The molecule has 2 aromatic carbocycles. The van der Waals surface area contributed by atoms with E-state index in [9.17, 15) is 4.79 Å². The zero-order chi connectivity index (χ0) is 20.2. The fourth-order valence-electron chi connectivity index (χ4n) is 4.40. The van der Waals surface area contributed by atoms with Gasteiger partial charge in [-0.1, -0.05) is 37.3 Å². The maximum atomic E-state index is 12.9. The van der Waals surface area contributed by atoms with Crippen molar-refractivity contribution in [3.05, 3.63) is 59.9 Å². The fraction of sp³-hybridized carbons (Fsp3) is 0.417. The molecule has 0 aliphatic carbocycles. The Labute approximate surface area is 172 Å². The third-order valence-electron chi connectivity index (χ3n) is 5.95. The molecule has 0 radical (unpaired) electrons.